The van der Waals surface area contributed by atoms with Crippen molar-refractivity contribution in [1.82, 2.24) is 15.2 Å². The number of halogens is 1. The number of nitrogens with one attached hydrogen (secondary N) is 2. The topological polar surface area (TPSA) is 65.2 Å². The number of hydrogen-bond acceptors (Lipinski definition) is 3. The average Bonchev–Trinajstić information content (AvgIpc) is 2.89. The maximum atomic E-state index is 12.4. The van der Waals surface area contributed by atoms with Crippen LogP contribution in [0.25, 0.3) is 0 Å². The first-order valence-electron chi connectivity index (χ1n) is 6.43. The Morgan fingerprint density at radius 3 is 2.89 bits per heavy atom. The van der Waals surface area contributed by atoms with E-state index in [-0.39, 0.29) is 29.9 Å². The zero-order valence-corrected chi connectivity index (χ0v) is 11.8. The lowest BCUT2D eigenvalue weighted by molar-refractivity contribution is 0.0692. The fourth-order valence-electron chi connectivity index (χ4n) is 2.34. The summed E-state index contributed by atoms with van der Waals surface area (Å²) in [7, 11) is 0. The van der Waals surface area contributed by atoms with Gasteiger partial charge in [-0.1, -0.05) is 6.92 Å². The standard InChI is InChI=1S/C13H19N3O2.ClH/c1-2-7-16(11-4-5-14-9-11)13(18)10-3-6-15-12(17)8-10;/h3,6,8,11,14H,2,4-5,7,9H2,1H3,(H,15,17);1H. The number of aromatic nitrogens is 1. The van der Waals surface area contributed by atoms with Crippen molar-refractivity contribution in [3.63, 3.8) is 0 Å². The number of carbonyl (C=O) groups excluding carboxylic acids is 1. The Hall–Kier alpha value is -1.33. The van der Waals surface area contributed by atoms with E-state index in [4.69, 9.17) is 0 Å². The highest BCUT2D eigenvalue weighted by Gasteiger charge is 2.26. The first-order valence-corrected chi connectivity index (χ1v) is 6.43. The van der Waals surface area contributed by atoms with Crippen LogP contribution in [-0.2, 0) is 0 Å². The Morgan fingerprint density at radius 1 is 1.53 bits per heavy atom. The molecule has 6 heteroatoms. The molecule has 19 heavy (non-hydrogen) atoms. The Kier molecular flexibility index (Phi) is 6.05. The number of carbonyl (C=O) groups is 1. The predicted molar refractivity (Wildman–Crippen MR) is 76.9 cm³/mol. The summed E-state index contributed by atoms with van der Waals surface area (Å²) in [6.45, 7) is 4.58. The largest absolute Gasteiger partial charge is 0.334 e. The predicted octanol–water partition coefficient (Wildman–Crippen LogP) is 1.01. The molecule has 1 aliphatic heterocycles. The maximum absolute atomic E-state index is 12.4. The molecule has 106 valence electrons. The summed E-state index contributed by atoms with van der Waals surface area (Å²) in [5.41, 5.74) is 0.237. The van der Waals surface area contributed by atoms with Gasteiger partial charge in [0.15, 0.2) is 0 Å². The molecule has 0 radical (unpaired) electrons. The van der Waals surface area contributed by atoms with Crippen LogP contribution >= 0.6 is 12.4 Å². The van der Waals surface area contributed by atoms with Crippen molar-refractivity contribution in [1.29, 1.82) is 0 Å². The molecule has 1 saturated heterocycles. The minimum Gasteiger partial charge on any atom is -0.334 e. The van der Waals surface area contributed by atoms with E-state index in [1.165, 1.54) is 12.3 Å². The molecule has 2 N–H and O–H groups in total. The van der Waals surface area contributed by atoms with Gasteiger partial charge in [-0.2, -0.15) is 0 Å². The quantitative estimate of drug-likeness (QED) is 0.868. The van der Waals surface area contributed by atoms with Gasteiger partial charge in [-0.15, -0.1) is 12.4 Å². The Balaban J connectivity index is 0.00000180. The molecule has 0 spiro atoms. The second-order valence-electron chi connectivity index (χ2n) is 4.59. The maximum Gasteiger partial charge on any atom is 0.254 e. The molecule has 1 aliphatic rings. The summed E-state index contributed by atoms with van der Waals surface area (Å²) in [4.78, 5) is 28.1. The van der Waals surface area contributed by atoms with E-state index in [9.17, 15) is 9.59 Å². The zero-order valence-electron chi connectivity index (χ0n) is 11.0. The van der Waals surface area contributed by atoms with Gasteiger partial charge in [0, 0.05) is 37.0 Å². The van der Waals surface area contributed by atoms with E-state index < -0.39 is 0 Å². The van der Waals surface area contributed by atoms with Gasteiger partial charge < -0.3 is 15.2 Å². The van der Waals surface area contributed by atoms with Crippen molar-refractivity contribution in [2.24, 2.45) is 0 Å². The highest BCUT2D eigenvalue weighted by molar-refractivity contribution is 5.94. The molecule has 1 fully saturated rings. The summed E-state index contributed by atoms with van der Waals surface area (Å²) in [6, 6.07) is 3.28. The van der Waals surface area contributed by atoms with Gasteiger partial charge in [0.1, 0.15) is 0 Å². The molecular formula is C13H20ClN3O2. The van der Waals surface area contributed by atoms with E-state index in [1.54, 1.807) is 6.07 Å². The number of H-pyrrole nitrogens is 1. The molecule has 5 nitrogen and oxygen atoms in total. The van der Waals surface area contributed by atoms with Crippen LogP contribution in [0.4, 0.5) is 0 Å². The Morgan fingerprint density at radius 2 is 2.32 bits per heavy atom. The van der Waals surface area contributed by atoms with E-state index in [1.807, 2.05) is 4.90 Å². The van der Waals surface area contributed by atoms with Gasteiger partial charge in [0.2, 0.25) is 5.56 Å². The van der Waals surface area contributed by atoms with Crippen LogP contribution in [0.1, 0.15) is 30.1 Å². The van der Waals surface area contributed by atoms with Crippen LogP contribution in [0.2, 0.25) is 0 Å². The molecule has 1 unspecified atom stereocenters. The lowest BCUT2D eigenvalue weighted by Crippen LogP contribution is -2.42. The van der Waals surface area contributed by atoms with Crippen LogP contribution < -0.4 is 10.9 Å². The second kappa shape index (κ2) is 7.31. The van der Waals surface area contributed by atoms with E-state index >= 15 is 0 Å². The molecule has 1 amide bonds. The normalized spacial score (nSPS) is 17.8. The van der Waals surface area contributed by atoms with Crippen molar-refractivity contribution >= 4 is 18.3 Å². The number of aromatic amines is 1. The molecule has 1 aromatic rings. The summed E-state index contributed by atoms with van der Waals surface area (Å²) in [5.74, 6) is -0.0448. The highest BCUT2D eigenvalue weighted by Crippen LogP contribution is 2.13. The molecule has 0 bridgehead atoms. The number of hydrogen-bond donors (Lipinski definition) is 2. The third kappa shape index (κ3) is 3.81. The zero-order chi connectivity index (χ0) is 13.0. The number of amides is 1. The lowest BCUT2D eigenvalue weighted by atomic mass is 10.1. The van der Waals surface area contributed by atoms with Crippen molar-refractivity contribution in [3.8, 4) is 0 Å². The number of pyridine rings is 1. The number of rotatable bonds is 4. The van der Waals surface area contributed by atoms with Crippen LogP contribution in [0.3, 0.4) is 0 Å². The van der Waals surface area contributed by atoms with Crippen LogP contribution in [0.15, 0.2) is 23.1 Å². The van der Waals surface area contributed by atoms with E-state index in [0.717, 1.165) is 32.5 Å². The molecule has 2 heterocycles. The van der Waals surface area contributed by atoms with Gasteiger partial charge in [-0.3, -0.25) is 9.59 Å². The van der Waals surface area contributed by atoms with E-state index in [0.29, 0.717) is 5.56 Å². The summed E-state index contributed by atoms with van der Waals surface area (Å²) < 4.78 is 0. The van der Waals surface area contributed by atoms with E-state index in [2.05, 4.69) is 17.2 Å². The van der Waals surface area contributed by atoms with Gasteiger partial charge in [0.05, 0.1) is 0 Å². The van der Waals surface area contributed by atoms with Crippen molar-refractivity contribution in [3.05, 3.63) is 34.2 Å². The third-order valence-corrected chi connectivity index (χ3v) is 3.22. The first-order chi connectivity index (χ1) is 8.72. The Labute approximate surface area is 118 Å². The lowest BCUT2D eigenvalue weighted by Gasteiger charge is -2.28. The average molecular weight is 286 g/mol. The first kappa shape index (κ1) is 15.7. The fourth-order valence-corrected chi connectivity index (χ4v) is 2.34. The van der Waals surface area contributed by atoms with Crippen LogP contribution in [-0.4, -0.2) is 41.5 Å². The molecule has 1 atom stereocenters. The monoisotopic (exact) mass is 285 g/mol. The minimum absolute atomic E-state index is 0. The summed E-state index contributed by atoms with van der Waals surface area (Å²) in [5, 5.41) is 3.27. The fraction of sp³-hybridized carbons (Fsp3) is 0.538. The van der Waals surface area contributed by atoms with Crippen LogP contribution in [0.5, 0.6) is 0 Å². The molecular weight excluding hydrogens is 266 g/mol. The number of nitrogens with zero attached hydrogens (tertiary/aromatic N) is 1. The highest BCUT2D eigenvalue weighted by atomic mass is 35.5. The van der Waals surface area contributed by atoms with Gasteiger partial charge in [0.25, 0.3) is 5.91 Å². The molecule has 1 aromatic heterocycles. The summed E-state index contributed by atoms with van der Waals surface area (Å²) >= 11 is 0. The SMILES string of the molecule is CCCN(C(=O)c1cc[nH]c(=O)c1)C1CCNC1.Cl. The van der Waals surface area contributed by atoms with Crippen molar-refractivity contribution in [2.45, 2.75) is 25.8 Å². The molecule has 0 aliphatic carbocycles. The van der Waals surface area contributed by atoms with Crippen LogP contribution in [0, 0.1) is 0 Å². The molecule has 2 rings (SSSR count). The summed E-state index contributed by atoms with van der Waals surface area (Å²) in [6.07, 6.45) is 3.42. The van der Waals surface area contributed by atoms with Crippen molar-refractivity contribution in [2.75, 3.05) is 19.6 Å². The minimum atomic E-state index is -0.234. The van der Waals surface area contributed by atoms with Gasteiger partial charge in [-0.05, 0) is 25.5 Å². The third-order valence-electron chi connectivity index (χ3n) is 3.22. The molecule has 0 aromatic carbocycles. The van der Waals surface area contributed by atoms with Gasteiger partial charge >= 0.3 is 0 Å². The second-order valence-corrected chi connectivity index (χ2v) is 4.59. The van der Waals surface area contributed by atoms with Gasteiger partial charge in [-0.25, -0.2) is 0 Å². The smallest absolute Gasteiger partial charge is 0.254 e. The van der Waals surface area contributed by atoms with Crippen molar-refractivity contribution < 1.29 is 4.79 Å². The Bertz CT molecular complexity index is 469. The molecule has 0 saturated carbocycles.